The van der Waals surface area contributed by atoms with Gasteiger partial charge >= 0.3 is 5.97 Å². The summed E-state index contributed by atoms with van der Waals surface area (Å²) >= 11 is 1.59. The molecule has 2 rings (SSSR count). The Kier molecular flexibility index (Phi) is 6.87. The highest BCUT2D eigenvalue weighted by Gasteiger charge is 2.08. The number of hydrogen-bond acceptors (Lipinski definition) is 4. The number of imidazole rings is 1. The van der Waals surface area contributed by atoms with Gasteiger partial charge in [-0.3, -0.25) is 4.79 Å². The van der Waals surface area contributed by atoms with Crippen LogP contribution in [-0.2, 0) is 29.5 Å². The van der Waals surface area contributed by atoms with Gasteiger partial charge < -0.3 is 21.7 Å². The molecular formula is C13H18BrN3O2S. The normalized spacial score (nSPS) is 10.1. The Bertz CT molecular complexity index is 553. The van der Waals surface area contributed by atoms with Crippen molar-refractivity contribution in [1.29, 1.82) is 0 Å². The standard InChI is InChI=1S/C13H18N3O2S.BrH/c1-11-12(19-9-14-11)3-4-13(17)18-8-7-16-6-5-15(2)10-16;/h5-6,9-10H,3-4,7-8H2,1-2H3;1H/q+1;/p-1. The van der Waals surface area contributed by atoms with E-state index in [-0.39, 0.29) is 23.0 Å². The Morgan fingerprint density at radius 1 is 1.55 bits per heavy atom. The third-order valence-corrected chi connectivity index (χ3v) is 3.83. The first kappa shape index (κ1) is 16.8. The second-order valence-corrected chi connectivity index (χ2v) is 5.34. The van der Waals surface area contributed by atoms with Crippen LogP contribution in [0.25, 0.3) is 0 Å². The summed E-state index contributed by atoms with van der Waals surface area (Å²) in [7, 11) is 1.96. The lowest BCUT2D eigenvalue weighted by molar-refractivity contribution is -0.671. The Labute approximate surface area is 133 Å². The number of aromatic nitrogens is 3. The van der Waals surface area contributed by atoms with E-state index in [1.807, 2.05) is 47.3 Å². The van der Waals surface area contributed by atoms with Gasteiger partial charge in [0.05, 0.1) is 24.7 Å². The highest BCUT2D eigenvalue weighted by Crippen LogP contribution is 2.14. The minimum atomic E-state index is -0.149. The predicted molar refractivity (Wildman–Crippen MR) is 71.7 cm³/mol. The van der Waals surface area contributed by atoms with Crippen LogP contribution in [0.4, 0.5) is 0 Å². The van der Waals surface area contributed by atoms with E-state index in [9.17, 15) is 4.79 Å². The first-order chi connectivity index (χ1) is 9.15. The molecule has 0 aliphatic carbocycles. The SMILES string of the molecule is Cc1ncsc1CCC(=O)OCCn1cc[n+](C)c1.[Br-]. The van der Waals surface area contributed by atoms with Gasteiger partial charge in [-0.1, -0.05) is 0 Å². The minimum absolute atomic E-state index is 0. The second-order valence-electron chi connectivity index (χ2n) is 4.40. The summed E-state index contributed by atoms with van der Waals surface area (Å²) in [6, 6.07) is 0. The van der Waals surface area contributed by atoms with Crippen molar-refractivity contribution in [2.24, 2.45) is 7.05 Å². The Morgan fingerprint density at radius 2 is 2.35 bits per heavy atom. The molecule has 110 valence electrons. The predicted octanol–water partition coefficient (Wildman–Crippen LogP) is -1.74. The van der Waals surface area contributed by atoms with Crippen LogP contribution < -0.4 is 21.5 Å². The van der Waals surface area contributed by atoms with Crippen LogP contribution in [0.15, 0.2) is 24.2 Å². The molecule has 20 heavy (non-hydrogen) atoms. The van der Waals surface area contributed by atoms with Gasteiger partial charge in [-0.25, -0.2) is 14.1 Å². The smallest absolute Gasteiger partial charge is 0.306 e. The molecule has 0 saturated heterocycles. The van der Waals surface area contributed by atoms with Gasteiger partial charge in [0.25, 0.3) is 0 Å². The van der Waals surface area contributed by atoms with E-state index in [1.165, 1.54) is 0 Å². The highest BCUT2D eigenvalue weighted by molar-refractivity contribution is 7.09. The van der Waals surface area contributed by atoms with Crippen LogP contribution in [0.3, 0.4) is 0 Å². The van der Waals surface area contributed by atoms with Crippen molar-refractivity contribution in [3.05, 3.63) is 34.8 Å². The van der Waals surface area contributed by atoms with Crippen LogP contribution >= 0.6 is 11.3 Å². The van der Waals surface area contributed by atoms with E-state index < -0.39 is 0 Å². The maximum atomic E-state index is 11.6. The molecule has 0 N–H and O–H groups in total. The number of carbonyl (C=O) groups excluding carboxylic acids is 1. The van der Waals surface area contributed by atoms with Crippen molar-refractivity contribution < 1.29 is 31.1 Å². The molecule has 0 atom stereocenters. The molecular weight excluding hydrogens is 342 g/mol. The molecule has 0 bridgehead atoms. The van der Waals surface area contributed by atoms with Gasteiger partial charge in [-0.15, -0.1) is 11.3 Å². The minimum Gasteiger partial charge on any atom is -1.00 e. The fourth-order valence-electron chi connectivity index (χ4n) is 1.75. The molecule has 0 amide bonds. The number of thiazole rings is 1. The number of hydrogen-bond donors (Lipinski definition) is 0. The zero-order valence-corrected chi connectivity index (χ0v) is 14.0. The number of nitrogens with zero attached hydrogens (tertiary/aromatic N) is 3. The number of esters is 1. The Hall–Kier alpha value is -1.21. The number of ether oxygens (including phenoxy) is 1. The summed E-state index contributed by atoms with van der Waals surface area (Å²) in [4.78, 5) is 16.9. The molecule has 0 saturated carbocycles. The maximum absolute atomic E-state index is 11.6. The quantitative estimate of drug-likeness (QED) is 0.454. The van der Waals surface area contributed by atoms with Crippen LogP contribution in [0.1, 0.15) is 17.0 Å². The summed E-state index contributed by atoms with van der Waals surface area (Å²) in [5, 5.41) is 0. The van der Waals surface area contributed by atoms with Crippen molar-refractivity contribution in [2.75, 3.05) is 6.61 Å². The lowest BCUT2D eigenvalue weighted by atomic mass is 10.2. The molecule has 0 spiro atoms. The molecule has 2 aromatic rings. The van der Waals surface area contributed by atoms with E-state index in [4.69, 9.17) is 4.74 Å². The van der Waals surface area contributed by atoms with Gasteiger partial charge in [-0.2, -0.15) is 0 Å². The van der Waals surface area contributed by atoms with Crippen molar-refractivity contribution in [3.8, 4) is 0 Å². The van der Waals surface area contributed by atoms with Gasteiger partial charge in [0.15, 0.2) is 0 Å². The molecule has 2 heterocycles. The number of carbonyl (C=O) groups is 1. The largest absolute Gasteiger partial charge is 1.00 e. The van der Waals surface area contributed by atoms with Crippen LogP contribution in [0.5, 0.6) is 0 Å². The lowest BCUT2D eigenvalue weighted by Gasteiger charge is -2.02. The average Bonchev–Trinajstić information content (AvgIpc) is 2.96. The van der Waals surface area contributed by atoms with E-state index in [0.29, 0.717) is 26.0 Å². The highest BCUT2D eigenvalue weighted by atomic mass is 79.9. The van der Waals surface area contributed by atoms with Gasteiger partial charge in [-0.05, 0) is 13.3 Å². The second kappa shape index (κ2) is 8.16. The van der Waals surface area contributed by atoms with Crippen LogP contribution in [0, 0.1) is 6.92 Å². The first-order valence-electron chi connectivity index (χ1n) is 6.21. The third-order valence-electron chi connectivity index (χ3n) is 2.84. The molecule has 0 aromatic carbocycles. The van der Waals surface area contributed by atoms with E-state index >= 15 is 0 Å². The van der Waals surface area contributed by atoms with Gasteiger partial charge in [0, 0.05) is 4.88 Å². The number of aryl methyl sites for hydroxylation is 3. The first-order valence-corrected chi connectivity index (χ1v) is 7.08. The molecule has 0 aliphatic rings. The molecule has 5 nitrogen and oxygen atoms in total. The monoisotopic (exact) mass is 359 g/mol. The molecule has 0 aliphatic heterocycles. The van der Waals surface area contributed by atoms with Gasteiger partial charge in [0.2, 0.25) is 6.33 Å². The van der Waals surface area contributed by atoms with Crippen molar-refractivity contribution in [3.63, 3.8) is 0 Å². The average molecular weight is 360 g/mol. The van der Waals surface area contributed by atoms with Crippen molar-refractivity contribution in [2.45, 2.75) is 26.3 Å². The molecule has 7 heteroatoms. The number of rotatable bonds is 6. The summed E-state index contributed by atoms with van der Waals surface area (Å²) < 4.78 is 9.15. The molecule has 0 fully saturated rings. The fraction of sp³-hybridized carbons (Fsp3) is 0.462. The van der Waals surface area contributed by atoms with E-state index in [2.05, 4.69) is 4.98 Å². The zero-order chi connectivity index (χ0) is 13.7. The molecule has 0 unspecified atom stereocenters. The topological polar surface area (TPSA) is 48.0 Å². The van der Waals surface area contributed by atoms with E-state index in [0.717, 1.165) is 10.6 Å². The summed E-state index contributed by atoms with van der Waals surface area (Å²) in [6.45, 7) is 3.06. The summed E-state index contributed by atoms with van der Waals surface area (Å²) in [6.07, 6.45) is 6.99. The van der Waals surface area contributed by atoms with Crippen LogP contribution in [0.2, 0.25) is 0 Å². The molecule has 2 aromatic heterocycles. The third kappa shape index (κ3) is 5.05. The van der Waals surface area contributed by atoms with Crippen molar-refractivity contribution >= 4 is 17.3 Å². The Morgan fingerprint density at radius 3 is 2.95 bits per heavy atom. The summed E-state index contributed by atoms with van der Waals surface area (Å²) in [5.74, 6) is -0.149. The van der Waals surface area contributed by atoms with E-state index in [1.54, 1.807) is 11.3 Å². The summed E-state index contributed by atoms with van der Waals surface area (Å²) in [5.41, 5.74) is 2.82. The lowest BCUT2D eigenvalue weighted by Crippen LogP contribution is -3.00. The fourth-order valence-corrected chi connectivity index (χ4v) is 2.53. The zero-order valence-electron chi connectivity index (χ0n) is 11.6. The number of halogens is 1. The van der Waals surface area contributed by atoms with Crippen LogP contribution in [-0.4, -0.2) is 22.1 Å². The maximum Gasteiger partial charge on any atom is 0.306 e. The van der Waals surface area contributed by atoms with Gasteiger partial charge in [0.1, 0.15) is 25.5 Å². The van der Waals surface area contributed by atoms with Crippen molar-refractivity contribution in [1.82, 2.24) is 9.55 Å². The Balaban J connectivity index is 0.00000200. The molecule has 0 radical (unpaired) electrons.